The van der Waals surface area contributed by atoms with Gasteiger partial charge in [-0.05, 0) is 60.7 Å². The van der Waals surface area contributed by atoms with Gasteiger partial charge in [0.2, 0.25) is 0 Å². The molecule has 6 nitrogen and oxygen atoms in total. The molecule has 0 aliphatic carbocycles. The van der Waals surface area contributed by atoms with Crippen LogP contribution in [0.15, 0.2) is 168 Å². The molecule has 12 rings (SSSR count). The maximum Gasteiger partial charge on any atom is 0.145 e. The van der Waals surface area contributed by atoms with Gasteiger partial charge in [0.15, 0.2) is 0 Å². The minimum Gasteiger partial charge on any atom is -0.455 e. The first-order valence-corrected chi connectivity index (χ1v) is 18.6. The van der Waals surface area contributed by atoms with Crippen LogP contribution in [0.4, 0.5) is 0 Å². The average Bonchev–Trinajstić information content (AvgIpc) is 4.00. The van der Waals surface area contributed by atoms with Crippen molar-refractivity contribution in [3.8, 4) is 29.2 Å². The highest BCUT2D eigenvalue weighted by Gasteiger charge is 2.25. The van der Waals surface area contributed by atoms with Gasteiger partial charge in [0.05, 0.1) is 61.0 Å². The van der Waals surface area contributed by atoms with E-state index in [-0.39, 0.29) is 0 Å². The number of hydrogen-bond acceptors (Lipinski definition) is 3. The molecule has 56 heavy (non-hydrogen) atoms. The van der Waals surface area contributed by atoms with E-state index in [4.69, 9.17) is 4.42 Å². The van der Waals surface area contributed by atoms with E-state index in [0.29, 0.717) is 22.5 Å². The third-order valence-electron chi connectivity index (χ3n) is 11.5. The van der Waals surface area contributed by atoms with Crippen LogP contribution in [0, 0.1) is 22.7 Å². The summed E-state index contributed by atoms with van der Waals surface area (Å²) < 4.78 is 13.2. The second-order valence-corrected chi connectivity index (χ2v) is 14.3. The molecule has 8 aromatic carbocycles. The highest BCUT2D eigenvalue weighted by Crippen LogP contribution is 2.44. The summed E-state index contributed by atoms with van der Waals surface area (Å²) in [6.07, 6.45) is 0. The summed E-state index contributed by atoms with van der Waals surface area (Å²) >= 11 is 0. The zero-order chi connectivity index (χ0) is 37.1. The molecule has 0 radical (unpaired) electrons. The Hall–Kier alpha value is -8.06. The molecule has 0 N–H and O–H groups in total. The zero-order valence-corrected chi connectivity index (χ0v) is 29.7. The Labute approximate surface area is 319 Å². The maximum atomic E-state index is 11.1. The van der Waals surface area contributed by atoms with Crippen molar-refractivity contribution in [3.05, 3.63) is 175 Å². The molecule has 0 saturated carbocycles. The van der Waals surface area contributed by atoms with Gasteiger partial charge < -0.3 is 18.1 Å². The molecule has 0 aliphatic rings. The number of nitriles is 2. The smallest absolute Gasteiger partial charge is 0.145 e. The molecule has 258 valence electrons. The lowest BCUT2D eigenvalue weighted by Crippen LogP contribution is -2.05. The van der Waals surface area contributed by atoms with Crippen LogP contribution in [0.1, 0.15) is 11.1 Å². The number of furan rings is 1. The van der Waals surface area contributed by atoms with Crippen LogP contribution in [0.25, 0.3) is 104 Å². The minimum atomic E-state index is 0.452. The highest BCUT2D eigenvalue weighted by atomic mass is 16.3. The van der Waals surface area contributed by atoms with Crippen molar-refractivity contribution >= 4 is 87.4 Å². The second kappa shape index (κ2) is 11.2. The van der Waals surface area contributed by atoms with E-state index in [2.05, 4.69) is 135 Å². The predicted molar refractivity (Wildman–Crippen MR) is 226 cm³/mol. The number of para-hydroxylation sites is 5. The molecule has 12 aromatic rings. The Morgan fingerprint density at radius 1 is 0.393 bits per heavy atom. The molecule has 0 spiro atoms. The summed E-state index contributed by atoms with van der Waals surface area (Å²) in [6, 6.07) is 61.0. The van der Waals surface area contributed by atoms with Crippen LogP contribution < -0.4 is 0 Å². The fraction of sp³-hybridized carbons (Fsp3) is 0. The van der Waals surface area contributed by atoms with Gasteiger partial charge >= 0.3 is 0 Å². The molecule has 0 atom stereocenters. The predicted octanol–water partition coefficient (Wildman–Crippen LogP) is 12.6. The summed E-state index contributed by atoms with van der Waals surface area (Å²) in [5.41, 5.74) is 10.8. The normalized spacial score (nSPS) is 11.9. The molecule has 4 heterocycles. The van der Waals surface area contributed by atoms with Crippen molar-refractivity contribution in [1.29, 1.82) is 10.5 Å². The Morgan fingerprint density at radius 2 is 0.893 bits per heavy atom. The van der Waals surface area contributed by atoms with E-state index in [1.807, 2.05) is 54.6 Å². The Bertz CT molecular complexity index is 3730. The van der Waals surface area contributed by atoms with Crippen molar-refractivity contribution in [3.63, 3.8) is 0 Å². The monoisotopic (exact) mass is 713 g/mol. The molecular weight excluding hydrogens is 687 g/mol. The number of hydrogen-bond donors (Lipinski definition) is 0. The molecule has 0 amide bonds. The van der Waals surface area contributed by atoms with Crippen LogP contribution in [0.2, 0.25) is 0 Å². The second-order valence-electron chi connectivity index (χ2n) is 14.3. The molecule has 0 aliphatic heterocycles. The quantitative estimate of drug-likeness (QED) is 0.183. The van der Waals surface area contributed by atoms with Gasteiger partial charge in [-0.15, -0.1) is 0 Å². The molecule has 6 heteroatoms. The van der Waals surface area contributed by atoms with Crippen LogP contribution in [0.3, 0.4) is 0 Å². The van der Waals surface area contributed by atoms with E-state index in [9.17, 15) is 10.5 Å². The molecule has 4 aromatic heterocycles. The molecule has 0 saturated heterocycles. The molecular formula is C50H27N5O. The van der Waals surface area contributed by atoms with Crippen LogP contribution in [-0.2, 0) is 0 Å². The first-order chi connectivity index (χ1) is 27.7. The average molecular weight is 714 g/mol. The topological polar surface area (TPSA) is 75.5 Å². The van der Waals surface area contributed by atoms with E-state index in [1.54, 1.807) is 0 Å². The van der Waals surface area contributed by atoms with Crippen molar-refractivity contribution in [2.45, 2.75) is 0 Å². The van der Waals surface area contributed by atoms with Crippen molar-refractivity contribution in [1.82, 2.24) is 13.7 Å². The Morgan fingerprint density at radius 3 is 1.55 bits per heavy atom. The summed E-state index contributed by atoms with van der Waals surface area (Å²) in [5, 5.41) is 30.6. The zero-order valence-electron chi connectivity index (χ0n) is 29.7. The summed E-state index contributed by atoms with van der Waals surface area (Å²) in [6.45, 7) is 0. The van der Waals surface area contributed by atoms with Crippen molar-refractivity contribution in [2.75, 3.05) is 0 Å². The van der Waals surface area contributed by atoms with Crippen LogP contribution in [0.5, 0.6) is 0 Å². The summed E-state index contributed by atoms with van der Waals surface area (Å²) in [7, 11) is 0. The third kappa shape index (κ3) is 3.92. The maximum absolute atomic E-state index is 11.1. The Kier molecular flexibility index (Phi) is 6.10. The number of rotatable bonds is 3. The van der Waals surface area contributed by atoms with Crippen LogP contribution in [-0.4, -0.2) is 13.7 Å². The third-order valence-corrected chi connectivity index (χ3v) is 11.5. The van der Waals surface area contributed by atoms with Crippen molar-refractivity contribution in [2.24, 2.45) is 0 Å². The first-order valence-electron chi connectivity index (χ1n) is 18.6. The van der Waals surface area contributed by atoms with Crippen molar-refractivity contribution < 1.29 is 4.42 Å². The number of aromatic nitrogens is 3. The van der Waals surface area contributed by atoms with Gasteiger partial charge in [-0.25, -0.2) is 0 Å². The lowest BCUT2D eigenvalue weighted by atomic mass is 10.1. The Balaban J connectivity index is 1.21. The van der Waals surface area contributed by atoms with Crippen LogP contribution >= 0.6 is 0 Å². The number of fused-ring (bicyclic) bond motifs is 14. The lowest BCUT2D eigenvalue weighted by Gasteiger charge is -2.16. The summed E-state index contributed by atoms with van der Waals surface area (Å²) in [4.78, 5) is 0. The molecule has 0 fully saturated rings. The lowest BCUT2D eigenvalue weighted by molar-refractivity contribution is 0.673. The minimum absolute atomic E-state index is 0.452. The fourth-order valence-corrected chi connectivity index (χ4v) is 9.22. The molecule has 0 unspecified atom stereocenters. The van der Waals surface area contributed by atoms with Gasteiger partial charge in [-0.2, -0.15) is 10.5 Å². The SMILES string of the molecule is N#Cc1cc(-n2c3ccccc3c3ccc4c5ccccc5n(-c5ccccc5)c4c32)c(C#N)cc1-n1c2ccccc2c2c3oc4ccccc4c3ccc21. The van der Waals surface area contributed by atoms with Gasteiger partial charge in [0.1, 0.15) is 23.3 Å². The van der Waals surface area contributed by atoms with E-state index in [1.165, 1.54) is 0 Å². The van der Waals surface area contributed by atoms with E-state index < -0.39 is 0 Å². The van der Waals surface area contributed by atoms with Gasteiger partial charge in [-0.1, -0.05) is 103 Å². The summed E-state index contributed by atoms with van der Waals surface area (Å²) in [5.74, 6) is 0. The highest BCUT2D eigenvalue weighted by molar-refractivity contribution is 6.25. The van der Waals surface area contributed by atoms with Gasteiger partial charge in [0.25, 0.3) is 0 Å². The number of nitrogens with zero attached hydrogens (tertiary/aromatic N) is 5. The fourth-order valence-electron chi connectivity index (χ4n) is 9.22. The van der Waals surface area contributed by atoms with Gasteiger partial charge in [-0.3, -0.25) is 0 Å². The molecule has 0 bridgehead atoms. The largest absolute Gasteiger partial charge is 0.455 e. The number of benzene rings is 8. The standard InChI is InChI=1S/C50H27N5O/c51-28-30-27-45(31(29-52)26-44(30)54-42-20-10-6-17-39(42)47-43(54)25-24-38-35-16-7-11-21-46(35)56-50(38)47)55-41-19-9-5-15-34(41)37-23-22-36-33-14-4-8-18-40(33)53(48(36)49(37)55)32-12-2-1-3-13-32/h1-27H. The first kappa shape index (κ1) is 30.4. The van der Waals surface area contributed by atoms with Gasteiger partial charge in [0, 0.05) is 43.4 Å². The van der Waals surface area contributed by atoms with E-state index >= 15 is 0 Å². The van der Waals surface area contributed by atoms with E-state index in [0.717, 1.165) is 93.0 Å².